The number of piperidine rings is 1. The Balaban J connectivity index is 1.97. The number of hydrogen-bond acceptors (Lipinski definition) is 2. The maximum atomic E-state index is 3.64. The first-order valence-corrected chi connectivity index (χ1v) is 7.58. The molecule has 2 heteroatoms. The Labute approximate surface area is 118 Å². The van der Waals surface area contributed by atoms with Crippen molar-refractivity contribution in [2.75, 3.05) is 20.1 Å². The first-order valence-electron chi connectivity index (χ1n) is 7.58. The molecular formula is C17H28N2. The molecule has 1 aromatic carbocycles. The molecule has 1 aliphatic heterocycles. The van der Waals surface area contributed by atoms with E-state index < -0.39 is 0 Å². The van der Waals surface area contributed by atoms with Gasteiger partial charge in [-0.1, -0.05) is 24.6 Å². The van der Waals surface area contributed by atoms with E-state index in [1.807, 2.05) is 0 Å². The Kier molecular flexibility index (Phi) is 5.00. The predicted molar refractivity (Wildman–Crippen MR) is 82.6 cm³/mol. The van der Waals surface area contributed by atoms with Crippen LogP contribution in [-0.2, 0) is 0 Å². The van der Waals surface area contributed by atoms with Crippen LogP contribution in [0.15, 0.2) is 18.2 Å². The highest BCUT2D eigenvalue weighted by Crippen LogP contribution is 2.22. The summed E-state index contributed by atoms with van der Waals surface area (Å²) in [6.45, 7) is 9.03. The fourth-order valence-electron chi connectivity index (χ4n) is 2.86. The molecule has 0 aromatic heterocycles. The second-order valence-electron chi connectivity index (χ2n) is 6.11. The fraction of sp³-hybridized carbons (Fsp3) is 0.647. The molecule has 1 N–H and O–H groups in total. The van der Waals surface area contributed by atoms with E-state index in [0.717, 1.165) is 6.54 Å². The third-order valence-electron chi connectivity index (χ3n) is 4.60. The van der Waals surface area contributed by atoms with Crippen molar-refractivity contribution in [2.24, 2.45) is 0 Å². The van der Waals surface area contributed by atoms with Crippen LogP contribution in [0.5, 0.6) is 0 Å². The number of nitrogens with one attached hydrogen (secondary N) is 1. The van der Waals surface area contributed by atoms with Gasteiger partial charge in [0.15, 0.2) is 0 Å². The van der Waals surface area contributed by atoms with E-state index in [-0.39, 0.29) is 0 Å². The van der Waals surface area contributed by atoms with Crippen LogP contribution in [0.2, 0.25) is 0 Å². The molecule has 0 radical (unpaired) electrons. The lowest BCUT2D eigenvalue weighted by Gasteiger charge is -2.32. The summed E-state index contributed by atoms with van der Waals surface area (Å²) in [6.07, 6.45) is 4.04. The smallest absolute Gasteiger partial charge is 0.0317 e. The van der Waals surface area contributed by atoms with E-state index >= 15 is 0 Å². The van der Waals surface area contributed by atoms with E-state index in [1.54, 1.807) is 0 Å². The SMILES string of the molecule is Cc1ccc(C(C)N(C)CC2CCCCN2)cc1C. The number of nitrogens with zero attached hydrogens (tertiary/aromatic N) is 1. The number of aryl methyl sites for hydroxylation is 2. The van der Waals surface area contributed by atoms with Crippen molar-refractivity contribution in [2.45, 2.75) is 52.1 Å². The van der Waals surface area contributed by atoms with Crippen molar-refractivity contribution in [3.8, 4) is 0 Å². The van der Waals surface area contributed by atoms with E-state index in [9.17, 15) is 0 Å². The van der Waals surface area contributed by atoms with Crippen LogP contribution in [0.3, 0.4) is 0 Å². The topological polar surface area (TPSA) is 15.3 Å². The van der Waals surface area contributed by atoms with Crippen LogP contribution in [0, 0.1) is 13.8 Å². The van der Waals surface area contributed by atoms with Gasteiger partial charge in [-0.15, -0.1) is 0 Å². The minimum absolute atomic E-state index is 0.489. The van der Waals surface area contributed by atoms with Crippen LogP contribution in [0.4, 0.5) is 0 Å². The highest BCUT2D eigenvalue weighted by Gasteiger charge is 2.18. The number of benzene rings is 1. The number of likely N-dealkylation sites (N-methyl/N-ethyl adjacent to an activating group) is 1. The van der Waals surface area contributed by atoms with Gasteiger partial charge < -0.3 is 5.32 Å². The van der Waals surface area contributed by atoms with Crippen LogP contribution in [0.25, 0.3) is 0 Å². The van der Waals surface area contributed by atoms with Gasteiger partial charge in [-0.25, -0.2) is 0 Å². The summed E-state index contributed by atoms with van der Waals surface area (Å²) in [4.78, 5) is 2.48. The van der Waals surface area contributed by atoms with Crippen LogP contribution < -0.4 is 5.32 Å². The van der Waals surface area contributed by atoms with E-state index in [4.69, 9.17) is 0 Å². The van der Waals surface area contributed by atoms with Crippen LogP contribution >= 0.6 is 0 Å². The lowest BCUT2D eigenvalue weighted by Crippen LogP contribution is -2.43. The van der Waals surface area contributed by atoms with Crippen LogP contribution in [-0.4, -0.2) is 31.1 Å². The highest BCUT2D eigenvalue weighted by molar-refractivity contribution is 5.31. The summed E-state index contributed by atoms with van der Waals surface area (Å²) in [5, 5.41) is 3.64. The predicted octanol–water partition coefficient (Wildman–Crippen LogP) is 3.44. The summed E-state index contributed by atoms with van der Waals surface area (Å²) in [5.41, 5.74) is 4.21. The molecule has 1 aliphatic rings. The molecule has 0 spiro atoms. The molecule has 19 heavy (non-hydrogen) atoms. The molecule has 0 aliphatic carbocycles. The molecule has 1 heterocycles. The van der Waals surface area contributed by atoms with E-state index in [0.29, 0.717) is 12.1 Å². The molecule has 2 nitrogen and oxygen atoms in total. The average Bonchev–Trinajstić information content (AvgIpc) is 2.42. The van der Waals surface area contributed by atoms with E-state index in [2.05, 4.69) is 56.2 Å². The molecule has 1 saturated heterocycles. The lowest BCUT2D eigenvalue weighted by molar-refractivity contribution is 0.214. The first kappa shape index (κ1) is 14.5. The highest BCUT2D eigenvalue weighted by atomic mass is 15.1. The lowest BCUT2D eigenvalue weighted by atomic mass is 10.00. The first-order chi connectivity index (χ1) is 9.08. The van der Waals surface area contributed by atoms with Gasteiger partial charge in [-0.05, 0) is 63.9 Å². The number of rotatable bonds is 4. The number of hydrogen-bond donors (Lipinski definition) is 1. The Hall–Kier alpha value is -0.860. The van der Waals surface area contributed by atoms with E-state index in [1.165, 1.54) is 42.5 Å². The van der Waals surface area contributed by atoms with Gasteiger partial charge >= 0.3 is 0 Å². The van der Waals surface area contributed by atoms with Gasteiger partial charge in [0.1, 0.15) is 0 Å². The van der Waals surface area contributed by atoms with Crippen molar-refractivity contribution in [3.63, 3.8) is 0 Å². The average molecular weight is 260 g/mol. The Morgan fingerprint density at radius 3 is 2.68 bits per heavy atom. The molecular weight excluding hydrogens is 232 g/mol. The molecule has 0 saturated carbocycles. The normalized spacial score (nSPS) is 21.6. The Bertz CT molecular complexity index is 408. The summed E-state index contributed by atoms with van der Waals surface area (Å²) >= 11 is 0. The molecule has 2 unspecified atom stereocenters. The minimum Gasteiger partial charge on any atom is -0.313 e. The molecule has 1 aromatic rings. The quantitative estimate of drug-likeness (QED) is 0.892. The summed E-state index contributed by atoms with van der Waals surface area (Å²) in [5.74, 6) is 0. The van der Waals surface area contributed by atoms with Gasteiger partial charge in [0.05, 0.1) is 0 Å². The molecule has 106 valence electrons. The Morgan fingerprint density at radius 1 is 1.26 bits per heavy atom. The summed E-state index contributed by atoms with van der Waals surface area (Å²) in [6, 6.07) is 8.02. The van der Waals surface area contributed by atoms with Crippen molar-refractivity contribution >= 4 is 0 Å². The fourth-order valence-corrected chi connectivity index (χ4v) is 2.86. The largest absolute Gasteiger partial charge is 0.313 e. The second-order valence-corrected chi connectivity index (χ2v) is 6.11. The zero-order valence-electron chi connectivity index (χ0n) is 12.9. The standard InChI is InChI=1S/C17H28N2/c1-13-8-9-16(11-14(13)2)15(3)19(4)12-17-7-5-6-10-18-17/h8-9,11,15,17-18H,5-7,10,12H2,1-4H3. The minimum atomic E-state index is 0.489. The van der Waals surface area contributed by atoms with Crippen molar-refractivity contribution in [1.29, 1.82) is 0 Å². The summed E-state index contributed by atoms with van der Waals surface area (Å²) in [7, 11) is 2.25. The molecule has 0 amide bonds. The zero-order chi connectivity index (χ0) is 13.8. The van der Waals surface area contributed by atoms with Crippen molar-refractivity contribution < 1.29 is 0 Å². The third-order valence-corrected chi connectivity index (χ3v) is 4.60. The Morgan fingerprint density at radius 2 is 2.05 bits per heavy atom. The zero-order valence-corrected chi connectivity index (χ0v) is 12.9. The van der Waals surface area contributed by atoms with Gasteiger partial charge in [0.2, 0.25) is 0 Å². The van der Waals surface area contributed by atoms with Gasteiger partial charge in [-0.3, -0.25) is 4.90 Å². The monoisotopic (exact) mass is 260 g/mol. The molecule has 0 bridgehead atoms. The maximum Gasteiger partial charge on any atom is 0.0317 e. The van der Waals surface area contributed by atoms with Gasteiger partial charge in [0.25, 0.3) is 0 Å². The molecule has 1 fully saturated rings. The molecule has 2 rings (SSSR count). The molecule has 2 atom stereocenters. The van der Waals surface area contributed by atoms with Crippen LogP contribution in [0.1, 0.15) is 48.9 Å². The summed E-state index contributed by atoms with van der Waals surface area (Å²) < 4.78 is 0. The second kappa shape index (κ2) is 6.53. The van der Waals surface area contributed by atoms with Gasteiger partial charge in [0, 0.05) is 18.6 Å². The van der Waals surface area contributed by atoms with Crippen molar-refractivity contribution in [3.05, 3.63) is 34.9 Å². The third kappa shape index (κ3) is 3.80. The van der Waals surface area contributed by atoms with Gasteiger partial charge in [-0.2, -0.15) is 0 Å². The maximum absolute atomic E-state index is 3.64. The van der Waals surface area contributed by atoms with Crippen molar-refractivity contribution in [1.82, 2.24) is 10.2 Å².